The van der Waals surface area contributed by atoms with Crippen LogP contribution in [0.15, 0.2) is 79.0 Å². The lowest BCUT2D eigenvalue weighted by atomic mass is 10.1. The van der Waals surface area contributed by atoms with E-state index in [9.17, 15) is 9.90 Å². The van der Waals surface area contributed by atoms with Crippen LogP contribution in [0.3, 0.4) is 0 Å². The Hall–Kier alpha value is -3.80. The minimum absolute atomic E-state index is 0.0189. The lowest BCUT2D eigenvalue weighted by Gasteiger charge is -2.08. The first-order chi connectivity index (χ1) is 13.7. The van der Waals surface area contributed by atoms with Gasteiger partial charge in [-0.3, -0.25) is 4.79 Å². The molecule has 1 aromatic heterocycles. The summed E-state index contributed by atoms with van der Waals surface area (Å²) in [6.07, 6.45) is 1.41. The van der Waals surface area contributed by atoms with Crippen LogP contribution in [0.1, 0.15) is 10.5 Å². The molecule has 6 nitrogen and oxygen atoms in total. The van der Waals surface area contributed by atoms with Gasteiger partial charge in [0.1, 0.15) is 12.4 Å². The van der Waals surface area contributed by atoms with Crippen LogP contribution in [-0.2, 0) is 0 Å². The lowest BCUT2D eigenvalue weighted by molar-refractivity contribution is 0.0939. The number of aromatic nitrogens is 2. The van der Waals surface area contributed by atoms with Crippen molar-refractivity contribution in [3.63, 3.8) is 0 Å². The van der Waals surface area contributed by atoms with Gasteiger partial charge in [-0.2, -0.15) is 5.10 Å². The first-order valence-corrected chi connectivity index (χ1v) is 8.94. The van der Waals surface area contributed by atoms with Crippen LogP contribution in [0.5, 0.6) is 11.5 Å². The highest BCUT2D eigenvalue weighted by molar-refractivity contribution is 5.94. The molecule has 3 aromatic carbocycles. The maximum Gasteiger partial charge on any atom is 0.275 e. The minimum Gasteiger partial charge on any atom is -0.504 e. The van der Waals surface area contributed by atoms with Crippen LogP contribution in [-0.4, -0.2) is 33.9 Å². The summed E-state index contributed by atoms with van der Waals surface area (Å²) in [5.74, 6) is 0.121. The van der Waals surface area contributed by atoms with Crippen molar-refractivity contribution in [3.8, 4) is 17.2 Å². The van der Waals surface area contributed by atoms with Gasteiger partial charge in [0.15, 0.2) is 11.4 Å². The first-order valence-electron chi connectivity index (χ1n) is 8.94. The van der Waals surface area contributed by atoms with Crippen molar-refractivity contribution in [1.82, 2.24) is 15.1 Å². The zero-order valence-electron chi connectivity index (χ0n) is 15.1. The molecule has 0 bridgehead atoms. The Morgan fingerprint density at radius 3 is 2.57 bits per heavy atom. The summed E-state index contributed by atoms with van der Waals surface area (Å²) in [5.41, 5.74) is 0.742. The Kier molecular flexibility index (Phi) is 4.93. The summed E-state index contributed by atoms with van der Waals surface area (Å²) < 4.78 is 7.17. The molecule has 0 aliphatic rings. The molecule has 0 aliphatic heterocycles. The van der Waals surface area contributed by atoms with Gasteiger partial charge in [0.25, 0.3) is 5.91 Å². The summed E-state index contributed by atoms with van der Waals surface area (Å²) in [5, 5.41) is 19.1. The van der Waals surface area contributed by atoms with Gasteiger partial charge in [0, 0.05) is 0 Å². The number of amides is 1. The van der Waals surface area contributed by atoms with E-state index in [-0.39, 0.29) is 11.4 Å². The van der Waals surface area contributed by atoms with Crippen molar-refractivity contribution in [2.24, 2.45) is 0 Å². The second-order valence-corrected chi connectivity index (χ2v) is 6.26. The third-order valence-electron chi connectivity index (χ3n) is 4.31. The summed E-state index contributed by atoms with van der Waals surface area (Å²) in [7, 11) is 0. The molecule has 28 heavy (non-hydrogen) atoms. The molecule has 0 unspecified atom stereocenters. The molecule has 0 aliphatic carbocycles. The summed E-state index contributed by atoms with van der Waals surface area (Å²) >= 11 is 0. The molecular weight excluding hydrogens is 354 g/mol. The maximum absolute atomic E-state index is 12.3. The van der Waals surface area contributed by atoms with E-state index in [0.29, 0.717) is 13.2 Å². The molecule has 1 amide bonds. The molecule has 140 valence electrons. The predicted molar refractivity (Wildman–Crippen MR) is 107 cm³/mol. The largest absolute Gasteiger partial charge is 0.504 e. The number of carbonyl (C=O) groups is 1. The Morgan fingerprint density at radius 1 is 1.00 bits per heavy atom. The van der Waals surface area contributed by atoms with E-state index in [1.165, 1.54) is 10.9 Å². The molecule has 0 saturated carbocycles. The average molecular weight is 373 g/mol. The Balaban J connectivity index is 1.33. The fourth-order valence-electron chi connectivity index (χ4n) is 2.91. The number of para-hydroxylation sites is 1. The van der Waals surface area contributed by atoms with Gasteiger partial charge < -0.3 is 15.2 Å². The van der Waals surface area contributed by atoms with Crippen LogP contribution in [0.2, 0.25) is 0 Å². The third kappa shape index (κ3) is 3.81. The molecule has 0 fully saturated rings. The number of hydrogen-bond acceptors (Lipinski definition) is 4. The van der Waals surface area contributed by atoms with Crippen LogP contribution in [0.25, 0.3) is 16.5 Å². The quantitative estimate of drug-likeness (QED) is 0.507. The second kappa shape index (κ2) is 7.84. The van der Waals surface area contributed by atoms with Crippen LogP contribution < -0.4 is 10.1 Å². The van der Waals surface area contributed by atoms with E-state index in [0.717, 1.165) is 22.2 Å². The predicted octanol–water partition coefficient (Wildman–Crippen LogP) is 3.54. The van der Waals surface area contributed by atoms with Gasteiger partial charge in [0.2, 0.25) is 0 Å². The monoisotopic (exact) mass is 373 g/mol. The number of ether oxygens (including phenoxy) is 1. The van der Waals surface area contributed by atoms with Gasteiger partial charge in [0.05, 0.1) is 18.4 Å². The van der Waals surface area contributed by atoms with Crippen LogP contribution in [0, 0.1) is 0 Å². The number of rotatable bonds is 6. The molecule has 4 rings (SSSR count). The molecule has 0 saturated heterocycles. The van der Waals surface area contributed by atoms with E-state index in [1.807, 2.05) is 72.8 Å². The minimum atomic E-state index is -0.450. The summed E-state index contributed by atoms with van der Waals surface area (Å²) in [4.78, 5) is 12.3. The van der Waals surface area contributed by atoms with E-state index < -0.39 is 5.91 Å². The number of carbonyl (C=O) groups excluding carboxylic acids is 1. The molecule has 4 aromatic rings. The maximum atomic E-state index is 12.3. The van der Waals surface area contributed by atoms with Gasteiger partial charge in [-0.05, 0) is 35.0 Å². The molecule has 1 heterocycles. The SMILES string of the molecule is O=C(NCCOc1ccc2ccccc2c1)c1nn(-c2ccccc2)cc1O. The number of nitrogens with zero attached hydrogens (tertiary/aromatic N) is 2. The van der Waals surface area contributed by atoms with Gasteiger partial charge in [-0.1, -0.05) is 48.5 Å². The number of aromatic hydroxyl groups is 1. The highest BCUT2D eigenvalue weighted by Crippen LogP contribution is 2.20. The van der Waals surface area contributed by atoms with Gasteiger partial charge >= 0.3 is 0 Å². The van der Waals surface area contributed by atoms with Crippen molar-refractivity contribution in [3.05, 3.63) is 84.7 Å². The number of hydrogen-bond donors (Lipinski definition) is 2. The number of benzene rings is 3. The summed E-state index contributed by atoms with van der Waals surface area (Å²) in [6, 6.07) is 23.2. The van der Waals surface area contributed by atoms with Crippen molar-refractivity contribution >= 4 is 16.7 Å². The van der Waals surface area contributed by atoms with Crippen molar-refractivity contribution in [2.75, 3.05) is 13.2 Å². The van der Waals surface area contributed by atoms with E-state index in [4.69, 9.17) is 4.74 Å². The molecular formula is C22H19N3O3. The zero-order chi connectivity index (χ0) is 19.3. The Morgan fingerprint density at radius 2 is 1.75 bits per heavy atom. The van der Waals surface area contributed by atoms with E-state index in [2.05, 4.69) is 10.4 Å². The fourth-order valence-corrected chi connectivity index (χ4v) is 2.91. The topological polar surface area (TPSA) is 76.4 Å². The average Bonchev–Trinajstić information content (AvgIpc) is 3.13. The molecule has 6 heteroatoms. The molecule has 2 N–H and O–H groups in total. The van der Waals surface area contributed by atoms with Crippen molar-refractivity contribution < 1.29 is 14.6 Å². The second-order valence-electron chi connectivity index (χ2n) is 6.26. The third-order valence-corrected chi connectivity index (χ3v) is 4.31. The standard InChI is InChI=1S/C22H19N3O3/c26-20-15-25(18-8-2-1-3-9-18)24-21(20)22(27)23-12-13-28-19-11-10-16-6-4-5-7-17(16)14-19/h1-11,14-15,26H,12-13H2,(H,23,27). The van der Waals surface area contributed by atoms with Crippen LogP contribution in [0.4, 0.5) is 0 Å². The summed E-state index contributed by atoms with van der Waals surface area (Å²) in [6.45, 7) is 0.605. The molecule has 0 spiro atoms. The lowest BCUT2D eigenvalue weighted by Crippen LogP contribution is -2.28. The highest BCUT2D eigenvalue weighted by atomic mass is 16.5. The van der Waals surface area contributed by atoms with Crippen LogP contribution >= 0.6 is 0 Å². The first kappa shape index (κ1) is 17.6. The Labute approximate surface area is 162 Å². The fraction of sp³-hybridized carbons (Fsp3) is 0.0909. The van der Waals surface area contributed by atoms with E-state index in [1.54, 1.807) is 0 Å². The molecule has 0 radical (unpaired) electrons. The van der Waals surface area contributed by atoms with E-state index >= 15 is 0 Å². The van der Waals surface area contributed by atoms with Crippen molar-refractivity contribution in [2.45, 2.75) is 0 Å². The number of fused-ring (bicyclic) bond motifs is 1. The highest BCUT2D eigenvalue weighted by Gasteiger charge is 2.16. The normalized spacial score (nSPS) is 10.7. The zero-order valence-corrected chi connectivity index (χ0v) is 15.1. The Bertz CT molecular complexity index is 1110. The molecule has 0 atom stereocenters. The van der Waals surface area contributed by atoms with Gasteiger partial charge in [-0.15, -0.1) is 0 Å². The number of nitrogens with one attached hydrogen (secondary N) is 1. The smallest absolute Gasteiger partial charge is 0.275 e. The van der Waals surface area contributed by atoms with Gasteiger partial charge in [-0.25, -0.2) is 4.68 Å². The van der Waals surface area contributed by atoms with Crippen molar-refractivity contribution in [1.29, 1.82) is 0 Å².